The molecule has 2 atom stereocenters. The summed E-state index contributed by atoms with van der Waals surface area (Å²) in [6.07, 6.45) is 2.30. The van der Waals surface area contributed by atoms with Gasteiger partial charge in [-0.05, 0) is 18.9 Å². The van der Waals surface area contributed by atoms with Crippen LogP contribution >= 0.6 is 0 Å². The van der Waals surface area contributed by atoms with Crippen molar-refractivity contribution in [2.75, 3.05) is 20.3 Å². The highest BCUT2D eigenvalue weighted by Gasteiger charge is 2.42. The fraction of sp³-hybridized carbons (Fsp3) is 0.571. The summed E-state index contributed by atoms with van der Waals surface area (Å²) in [6.45, 7) is 0.888. The van der Waals surface area contributed by atoms with Crippen molar-refractivity contribution in [3.63, 3.8) is 0 Å². The van der Waals surface area contributed by atoms with E-state index in [0.29, 0.717) is 6.04 Å². The van der Waals surface area contributed by atoms with Gasteiger partial charge in [-0.1, -0.05) is 18.2 Å². The van der Waals surface area contributed by atoms with E-state index in [1.807, 2.05) is 24.3 Å². The summed E-state index contributed by atoms with van der Waals surface area (Å²) in [4.78, 5) is 2.35. The van der Waals surface area contributed by atoms with Crippen molar-refractivity contribution in [1.29, 1.82) is 0 Å². The van der Waals surface area contributed by atoms with Gasteiger partial charge >= 0.3 is 0 Å². The molecule has 1 saturated carbocycles. The highest BCUT2D eigenvalue weighted by atomic mass is 16.5. The first kappa shape index (κ1) is 12.0. The van der Waals surface area contributed by atoms with E-state index in [9.17, 15) is 5.11 Å². The molecule has 4 nitrogen and oxygen atoms in total. The number of rotatable bonds is 4. The molecule has 1 aliphatic carbocycles. The largest absolute Gasteiger partial charge is 0.496 e. The third kappa shape index (κ3) is 2.11. The first-order chi connectivity index (χ1) is 8.83. The molecule has 3 rings (SSSR count). The molecule has 1 aromatic carbocycles. The monoisotopic (exact) mass is 249 g/mol. The van der Waals surface area contributed by atoms with Crippen LogP contribution in [0.3, 0.4) is 0 Å². The van der Waals surface area contributed by atoms with Crippen LogP contribution in [0.1, 0.15) is 24.6 Å². The lowest BCUT2D eigenvalue weighted by Gasteiger charge is -2.24. The van der Waals surface area contributed by atoms with Crippen LogP contribution in [0.25, 0.3) is 0 Å². The van der Waals surface area contributed by atoms with Crippen LogP contribution in [0.4, 0.5) is 0 Å². The Balaban J connectivity index is 1.88. The van der Waals surface area contributed by atoms with Crippen molar-refractivity contribution in [2.24, 2.45) is 0 Å². The quantitative estimate of drug-likeness (QED) is 0.879. The molecule has 18 heavy (non-hydrogen) atoms. The zero-order chi connectivity index (χ0) is 12.5. The second kappa shape index (κ2) is 4.88. The highest BCUT2D eigenvalue weighted by molar-refractivity contribution is 5.35. The van der Waals surface area contributed by atoms with Gasteiger partial charge < -0.3 is 14.6 Å². The molecule has 2 aliphatic rings. The zero-order valence-electron chi connectivity index (χ0n) is 10.6. The lowest BCUT2D eigenvalue weighted by atomic mass is 10.1. The van der Waals surface area contributed by atoms with Gasteiger partial charge in [0.25, 0.3) is 0 Å². The third-order valence-corrected chi connectivity index (χ3v) is 3.66. The molecular formula is C14H19NO3. The van der Waals surface area contributed by atoms with E-state index in [-0.39, 0.29) is 18.9 Å². The Morgan fingerprint density at radius 1 is 1.39 bits per heavy atom. The number of hydrogen-bond donors (Lipinski definition) is 1. The molecular weight excluding hydrogens is 230 g/mol. The summed E-state index contributed by atoms with van der Waals surface area (Å²) in [5.41, 5.74) is 1.06. The van der Waals surface area contributed by atoms with Crippen LogP contribution in [0.2, 0.25) is 0 Å². The minimum absolute atomic E-state index is 0.0780. The Bertz CT molecular complexity index is 419. The van der Waals surface area contributed by atoms with Crippen molar-refractivity contribution in [2.45, 2.75) is 31.2 Å². The zero-order valence-corrected chi connectivity index (χ0v) is 10.6. The number of ether oxygens (including phenoxy) is 2. The summed E-state index contributed by atoms with van der Waals surface area (Å²) in [7, 11) is 1.68. The number of nitrogens with zero attached hydrogens (tertiary/aromatic N) is 1. The second-order valence-electron chi connectivity index (χ2n) is 4.96. The maximum absolute atomic E-state index is 9.29. The standard InChI is InChI=1S/C14H19NO3/c1-17-13-5-3-2-4-12(13)14-15(10-6-7-10)8-11(9-16)18-14/h2-5,10-11,14,16H,6-9H2,1H3. The smallest absolute Gasteiger partial charge is 0.141 e. The minimum atomic E-state index is -0.0829. The fourth-order valence-corrected chi connectivity index (χ4v) is 2.60. The molecule has 1 saturated heterocycles. The molecule has 2 fully saturated rings. The third-order valence-electron chi connectivity index (χ3n) is 3.66. The van der Waals surface area contributed by atoms with E-state index < -0.39 is 0 Å². The number of para-hydroxylation sites is 1. The second-order valence-corrected chi connectivity index (χ2v) is 4.96. The Morgan fingerprint density at radius 3 is 2.83 bits per heavy atom. The van der Waals surface area contributed by atoms with Crippen LogP contribution in [-0.2, 0) is 4.74 Å². The van der Waals surface area contributed by atoms with Gasteiger partial charge in [0.15, 0.2) is 0 Å². The summed E-state index contributed by atoms with van der Waals surface area (Å²) in [5, 5.41) is 9.29. The number of aliphatic hydroxyl groups excluding tert-OH is 1. The van der Waals surface area contributed by atoms with Crippen LogP contribution in [-0.4, -0.2) is 42.4 Å². The molecule has 1 heterocycles. The summed E-state index contributed by atoms with van der Waals surface area (Å²) in [6, 6.07) is 8.56. The normalized spacial score (nSPS) is 28.6. The van der Waals surface area contributed by atoms with Crippen LogP contribution in [0.5, 0.6) is 5.75 Å². The van der Waals surface area contributed by atoms with Gasteiger partial charge in [0.1, 0.15) is 12.0 Å². The van der Waals surface area contributed by atoms with Gasteiger partial charge in [-0.15, -0.1) is 0 Å². The maximum Gasteiger partial charge on any atom is 0.141 e. The number of methoxy groups -OCH3 is 1. The predicted molar refractivity (Wildman–Crippen MR) is 67.4 cm³/mol. The molecule has 0 radical (unpaired) electrons. The molecule has 0 bridgehead atoms. The van der Waals surface area contributed by atoms with E-state index >= 15 is 0 Å². The summed E-state index contributed by atoms with van der Waals surface area (Å²) < 4.78 is 11.4. The summed E-state index contributed by atoms with van der Waals surface area (Å²) >= 11 is 0. The first-order valence-corrected chi connectivity index (χ1v) is 6.48. The Kier molecular flexibility index (Phi) is 3.24. The van der Waals surface area contributed by atoms with Crippen LogP contribution in [0, 0.1) is 0 Å². The molecule has 0 amide bonds. The molecule has 0 aromatic heterocycles. The molecule has 1 aromatic rings. The van der Waals surface area contributed by atoms with Gasteiger partial charge in [0.2, 0.25) is 0 Å². The van der Waals surface area contributed by atoms with Crippen molar-refractivity contribution < 1.29 is 14.6 Å². The number of hydrogen-bond acceptors (Lipinski definition) is 4. The Morgan fingerprint density at radius 2 is 2.17 bits per heavy atom. The molecule has 2 unspecified atom stereocenters. The lowest BCUT2D eigenvalue weighted by molar-refractivity contribution is -0.0227. The Labute approximate surface area is 107 Å². The molecule has 0 spiro atoms. The molecule has 1 aliphatic heterocycles. The lowest BCUT2D eigenvalue weighted by Crippen LogP contribution is -2.27. The van der Waals surface area contributed by atoms with Gasteiger partial charge in [0, 0.05) is 18.2 Å². The van der Waals surface area contributed by atoms with Crippen LogP contribution in [0.15, 0.2) is 24.3 Å². The SMILES string of the molecule is COc1ccccc1C1OC(CO)CN1C1CC1. The number of aliphatic hydroxyl groups is 1. The number of benzene rings is 1. The van der Waals surface area contributed by atoms with E-state index in [2.05, 4.69) is 4.90 Å². The molecule has 4 heteroatoms. The topological polar surface area (TPSA) is 41.9 Å². The van der Waals surface area contributed by atoms with Gasteiger partial charge in [-0.3, -0.25) is 4.90 Å². The average Bonchev–Trinajstić information content (AvgIpc) is 3.18. The van der Waals surface area contributed by atoms with Crippen molar-refractivity contribution in [3.05, 3.63) is 29.8 Å². The molecule has 1 N–H and O–H groups in total. The minimum Gasteiger partial charge on any atom is -0.496 e. The highest BCUT2D eigenvalue weighted by Crippen LogP contribution is 2.42. The van der Waals surface area contributed by atoms with E-state index in [1.165, 1.54) is 12.8 Å². The van der Waals surface area contributed by atoms with Crippen molar-refractivity contribution in [1.82, 2.24) is 4.90 Å². The van der Waals surface area contributed by atoms with Gasteiger partial charge in [-0.25, -0.2) is 0 Å². The van der Waals surface area contributed by atoms with Crippen LogP contribution < -0.4 is 4.74 Å². The van der Waals surface area contributed by atoms with Crippen molar-refractivity contribution >= 4 is 0 Å². The maximum atomic E-state index is 9.29. The van der Waals surface area contributed by atoms with Gasteiger partial charge in [0.05, 0.1) is 19.8 Å². The first-order valence-electron chi connectivity index (χ1n) is 6.48. The molecule has 98 valence electrons. The van der Waals surface area contributed by atoms with Crippen molar-refractivity contribution in [3.8, 4) is 5.75 Å². The van der Waals surface area contributed by atoms with E-state index in [1.54, 1.807) is 7.11 Å². The van der Waals surface area contributed by atoms with Gasteiger partial charge in [-0.2, -0.15) is 0 Å². The Hall–Kier alpha value is -1.10. The average molecular weight is 249 g/mol. The van der Waals surface area contributed by atoms with E-state index in [4.69, 9.17) is 9.47 Å². The predicted octanol–water partition coefficient (Wildman–Crippen LogP) is 1.55. The summed E-state index contributed by atoms with van der Waals surface area (Å²) in [5.74, 6) is 0.853. The fourth-order valence-electron chi connectivity index (χ4n) is 2.60. The van der Waals surface area contributed by atoms with E-state index in [0.717, 1.165) is 17.9 Å².